The predicted molar refractivity (Wildman–Crippen MR) is 150 cm³/mol. The highest BCUT2D eigenvalue weighted by Gasteiger charge is 2.95. The first-order valence-electron chi connectivity index (χ1n) is 15.5. The van der Waals surface area contributed by atoms with E-state index in [1.54, 1.807) is 0 Å². The van der Waals surface area contributed by atoms with Gasteiger partial charge in [-0.05, 0) is 37.1 Å². The Balaban J connectivity index is 2.64. The molecule has 1 aromatic carbocycles. The summed E-state index contributed by atoms with van der Waals surface area (Å²) < 4.78 is 242. The van der Waals surface area contributed by atoms with Crippen LogP contribution in [0.4, 0.5) is 74.6 Å². The highest BCUT2D eigenvalue weighted by Crippen LogP contribution is 2.64. The van der Waals surface area contributed by atoms with Gasteiger partial charge >= 0.3 is 59.6 Å². The van der Waals surface area contributed by atoms with Gasteiger partial charge in [-0.1, -0.05) is 51.5 Å². The summed E-state index contributed by atoms with van der Waals surface area (Å²) in [6.07, 6.45) is -1.71. The molecule has 0 bridgehead atoms. The third-order valence-corrected chi connectivity index (χ3v) is 7.49. The number of unbranched alkanes of at least 4 members (excludes halogenated alkanes) is 8. The van der Waals surface area contributed by atoms with Crippen molar-refractivity contribution in [2.24, 2.45) is 0 Å². The highest BCUT2D eigenvalue weighted by atomic mass is 19.4. The van der Waals surface area contributed by atoms with Crippen molar-refractivity contribution >= 4 is 11.9 Å². The Morgan fingerprint density at radius 1 is 0.509 bits per heavy atom. The second-order valence-corrected chi connectivity index (χ2v) is 11.5. The maximum atomic E-state index is 14.0. The van der Waals surface area contributed by atoms with Crippen molar-refractivity contribution in [2.45, 2.75) is 112 Å². The highest BCUT2D eigenvalue weighted by molar-refractivity contribution is 5.89. The van der Waals surface area contributed by atoms with E-state index in [-0.39, 0.29) is 12.4 Å². The van der Waals surface area contributed by atoms with E-state index in [0.29, 0.717) is 13.0 Å². The number of carbonyl (C=O) groups is 2. The number of ether oxygens (including phenoxy) is 3. The van der Waals surface area contributed by atoms with Gasteiger partial charge in [-0.25, -0.2) is 9.59 Å². The van der Waals surface area contributed by atoms with E-state index in [2.05, 4.69) is 11.3 Å². The molecule has 0 spiro atoms. The summed E-state index contributed by atoms with van der Waals surface area (Å²) in [4.78, 5) is 23.0. The van der Waals surface area contributed by atoms with Crippen LogP contribution in [-0.2, 0) is 14.3 Å². The fraction of sp³-hybridized carbons (Fsp3) is 0.677. The van der Waals surface area contributed by atoms with E-state index in [1.165, 1.54) is 12.1 Å². The van der Waals surface area contributed by atoms with Gasteiger partial charge in [0.05, 0.1) is 31.8 Å². The zero-order chi connectivity index (χ0) is 41.2. The summed E-state index contributed by atoms with van der Waals surface area (Å²) in [5.74, 6) is -59.0. The average Bonchev–Trinajstić information content (AvgIpc) is 3.05. The molecule has 0 atom stereocenters. The first-order valence-corrected chi connectivity index (χ1v) is 15.5. The molecular weight excluding hydrogens is 775 g/mol. The van der Waals surface area contributed by atoms with Crippen LogP contribution in [-0.4, -0.2) is 79.4 Å². The summed E-state index contributed by atoms with van der Waals surface area (Å²) in [5, 5.41) is 0. The van der Waals surface area contributed by atoms with E-state index in [9.17, 15) is 84.2 Å². The lowest BCUT2D eigenvalue weighted by molar-refractivity contribution is -0.461. The van der Waals surface area contributed by atoms with Crippen LogP contribution in [0, 0.1) is 0 Å². The Morgan fingerprint density at radius 3 is 1.34 bits per heavy atom. The molecule has 0 amide bonds. The minimum atomic E-state index is -8.71. The van der Waals surface area contributed by atoms with Gasteiger partial charge < -0.3 is 14.2 Å². The van der Waals surface area contributed by atoms with E-state index < -0.39 is 78.2 Å². The molecule has 53 heavy (non-hydrogen) atoms. The van der Waals surface area contributed by atoms with Crippen LogP contribution < -0.4 is 4.74 Å². The van der Waals surface area contributed by atoms with E-state index in [4.69, 9.17) is 9.47 Å². The number of alkyl halides is 17. The Labute approximate surface area is 290 Å². The second kappa shape index (κ2) is 18.2. The molecule has 22 heteroatoms. The van der Waals surface area contributed by atoms with Crippen molar-refractivity contribution in [3.8, 4) is 5.75 Å². The Morgan fingerprint density at radius 2 is 0.906 bits per heavy atom. The van der Waals surface area contributed by atoms with Gasteiger partial charge in [0.1, 0.15) is 5.75 Å². The Kier molecular flexibility index (Phi) is 16.3. The molecule has 0 unspecified atom stereocenters. The van der Waals surface area contributed by atoms with E-state index in [1.807, 2.05) is 0 Å². The first-order chi connectivity index (χ1) is 24.1. The molecule has 306 valence electrons. The minimum Gasteiger partial charge on any atom is -0.494 e. The topological polar surface area (TPSA) is 61.8 Å². The second-order valence-electron chi connectivity index (χ2n) is 11.5. The number of benzene rings is 1. The zero-order valence-corrected chi connectivity index (χ0v) is 27.3. The zero-order valence-electron chi connectivity index (χ0n) is 27.3. The minimum absolute atomic E-state index is 0.185. The Bertz CT molecular complexity index is 1330. The molecule has 0 heterocycles. The number of carbonyl (C=O) groups excluding carboxylic acids is 2. The maximum Gasteiger partial charge on any atom is 0.460 e. The molecule has 0 fully saturated rings. The van der Waals surface area contributed by atoms with Crippen LogP contribution in [0.2, 0.25) is 0 Å². The van der Waals surface area contributed by atoms with Gasteiger partial charge in [0, 0.05) is 6.08 Å². The van der Waals surface area contributed by atoms with Gasteiger partial charge in [-0.15, -0.1) is 0 Å². The maximum absolute atomic E-state index is 14.0. The molecule has 0 saturated carbocycles. The molecule has 0 saturated heterocycles. The largest absolute Gasteiger partial charge is 0.494 e. The molecule has 5 nitrogen and oxygen atoms in total. The quantitative estimate of drug-likeness (QED) is 0.0451. The summed E-state index contributed by atoms with van der Waals surface area (Å²) >= 11 is 0. The van der Waals surface area contributed by atoms with Crippen molar-refractivity contribution < 1.29 is 98.4 Å². The van der Waals surface area contributed by atoms with E-state index in [0.717, 1.165) is 69.6 Å². The smallest absolute Gasteiger partial charge is 0.460 e. The van der Waals surface area contributed by atoms with Gasteiger partial charge in [-0.2, -0.15) is 74.6 Å². The fourth-order valence-electron chi connectivity index (χ4n) is 4.26. The van der Waals surface area contributed by atoms with Gasteiger partial charge in [0.15, 0.2) is 0 Å². The first kappa shape index (κ1) is 47.5. The van der Waals surface area contributed by atoms with Gasteiger partial charge in [0.25, 0.3) is 0 Å². The molecule has 0 radical (unpaired) electrons. The van der Waals surface area contributed by atoms with Crippen LogP contribution >= 0.6 is 0 Å². The van der Waals surface area contributed by atoms with Crippen molar-refractivity contribution in [1.29, 1.82) is 0 Å². The number of halogens is 17. The monoisotopic (exact) mass is 808 g/mol. The number of rotatable bonds is 24. The van der Waals surface area contributed by atoms with Crippen LogP contribution in [0.3, 0.4) is 0 Å². The normalized spacial score (nSPS) is 13.8. The van der Waals surface area contributed by atoms with Crippen LogP contribution in [0.1, 0.15) is 74.6 Å². The molecule has 1 aromatic rings. The van der Waals surface area contributed by atoms with Crippen molar-refractivity contribution in [3.63, 3.8) is 0 Å². The number of esters is 2. The van der Waals surface area contributed by atoms with Crippen LogP contribution in [0.15, 0.2) is 36.9 Å². The lowest BCUT2D eigenvalue weighted by Crippen LogP contribution is -2.74. The molecule has 0 aliphatic rings. The summed E-state index contributed by atoms with van der Waals surface area (Å²) in [7, 11) is 0. The third kappa shape index (κ3) is 10.8. The predicted octanol–water partition coefficient (Wildman–Crippen LogP) is 10.9. The lowest BCUT2D eigenvalue weighted by atomic mass is 9.88. The SMILES string of the molecule is C=CC(=O)OCCCCCCCCCCCOc1ccc(C(=O)OCCC(F)(F)C(F)(F)C(F)(F)C(F)(F)C(F)(F)C(F)(F)C(F)(F)C(F)(F)F)cc1. The molecule has 1 rings (SSSR count). The van der Waals surface area contributed by atoms with Crippen molar-refractivity contribution in [3.05, 3.63) is 42.5 Å². The molecule has 0 N–H and O–H groups in total. The van der Waals surface area contributed by atoms with Crippen molar-refractivity contribution in [1.82, 2.24) is 0 Å². The summed E-state index contributed by atoms with van der Waals surface area (Å²) in [5.41, 5.74) is -0.491. The average molecular weight is 809 g/mol. The molecule has 0 aromatic heterocycles. The van der Waals surface area contributed by atoms with Gasteiger partial charge in [0.2, 0.25) is 0 Å². The summed E-state index contributed by atoms with van der Waals surface area (Å²) in [6.45, 7) is 1.81. The summed E-state index contributed by atoms with van der Waals surface area (Å²) in [6, 6.07) is 4.25. The van der Waals surface area contributed by atoms with Crippen LogP contribution in [0.25, 0.3) is 0 Å². The molecular formula is C31H33F17O5. The Hall–Kier alpha value is -3.49. The third-order valence-electron chi connectivity index (χ3n) is 7.49. The molecule has 0 aliphatic heterocycles. The number of hydrogen-bond donors (Lipinski definition) is 0. The molecule has 0 aliphatic carbocycles. The number of hydrogen-bond acceptors (Lipinski definition) is 5. The standard InChI is InChI=1S/C31H33F17O5/c1-2-22(49)52-18-11-9-7-5-3-4-6-8-10-17-51-21-14-12-20(13-15-21)23(50)53-19-16-24(32,33)25(34,35)26(36,37)27(38,39)28(40,41)29(42,43)30(44,45)31(46,47)48/h2,12-15H,1,3-11,16-19H2. The van der Waals surface area contributed by atoms with Crippen molar-refractivity contribution in [2.75, 3.05) is 19.8 Å². The lowest BCUT2D eigenvalue weighted by Gasteiger charge is -2.42. The van der Waals surface area contributed by atoms with Crippen LogP contribution in [0.5, 0.6) is 5.75 Å². The van der Waals surface area contributed by atoms with E-state index >= 15 is 0 Å². The van der Waals surface area contributed by atoms with Gasteiger partial charge in [-0.3, -0.25) is 0 Å². The fourth-order valence-corrected chi connectivity index (χ4v) is 4.26.